The number of aliphatic hydroxyl groups is 1. The number of nitrogens with one attached hydrogen (secondary N) is 1. The normalized spacial score (nSPS) is 12.7. The van der Waals surface area contributed by atoms with Gasteiger partial charge >= 0.3 is 0 Å². The Labute approximate surface area is 146 Å². The van der Waals surface area contributed by atoms with E-state index in [4.69, 9.17) is 9.15 Å². The van der Waals surface area contributed by atoms with E-state index in [0.717, 1.165) is 0 Å². The zero-order valence-electron chi connectivity index (χ0n) is 14.5. The predicted molar refractivity (Wildman–Crippen MR) is 94.2 cm³/mol. The first-order valence-electron chi connectivity index (χ1n) is 8.19. The van der Waals surface area contributed by atoms with Crippen molar-refractivity contribution in [2.45, 2.75) is 13.0 Å². The Morgan fingerprint density at radius 1 is 1.36 bits per heavy atom. The summed E-state index contributed by atoms with van der Waals surface area (Å²) >= 11 is 0. The van der Waals surface area contributed by atoms with E-state index in [2.05, 4.69) is 10.3 Å². The number of guanidine groups is 1. The zero-order valence-corrected chi connectivity index (χ0v) is 14.5. The summed E-state index contributed by atoms with van der Waals surface area (Å²) in [6.07, 6.45) is 0.736. The molecule has 0 aliphatic carbocycles. The number of furan rings is 1. The van der Waals surface area contributed by atoms with Gasteiger partial charge in [-0.15, -0.1) is 0 Å². The first-order valence-corrected chi connectivity index (χ1v) is 8.19. The highest BCUT2D eigenvalue weighted by molar-refractivity contribution is 5.79. The van der Waals surface area contributed by atoms with E-state index in [9.17, 15) is 9.50 Å². The van der Waals surface area contributed by atoms with Crippen molar-refractivity contribution in [2.24, 2.45) is 4.99 Å². The monoisotopic (exact) mass is 349 g/mol. The van der Waals surface area contributed by atoms with E-state index < -0.39 is 6.10 Å². The topological polar surface area (TPSA) is 70.2 Å². The van der Waals surface area contributed by atoms with Crippen LogP contribution < -0.4 is 10.1 Å². The molecule has 1 unspecified atom stereocenters. The number of hydrogen-bond acceptors (Lipinski definition) is 4. The van der Waals surface area contributed by atoms with Crippen LogP contribution >= 0.6 is 0 Å². The Kier molecular flexibility index (Phi) is 7.28. The molecule has 0 fully saturated rings. The maximum Gasteiger partial charge on any atom is 0.193 e. The lowest BCUT2D eigenvalue weighted by molar-refractivity contribution is 0.158. The van der Waals surface area contributed by atoms with E-state index in [1.54, 1.807) is 24.3 Å². The van der Waals surface area contributed by atoms with Crippen LogP contribution in [0.3, 0.4) is 0 Å². The number of nitrogens with zero attached hydrogens (tertiary/aromatic N) is 2. The van der Waals surface area contributed by atoms with Gasteiger partial charge in [-0.25, -0.2) is 9.38 Å². The summed E-state index contributed by atoms with van der Waals surface area (Å²) in [6.45, 7) is 3.88. The summed E-state index contributed by atoms with van der Waals surface area (Å²) in [5.41, 5.74) is 0. The van der Waals surface area contributed by atoms with Crippen LogP contribution in [0.1, 0.15) is 18.8 Å². The highest BCUT2D eigenvalue weighted by Crippen LogP contribution is 2.13. The zero-order chi connectivity index (χ0) is 18.1. The van der Waals surface area contributed by atoms with Gasteiger partial charge in [0.05, 0.1) is 19.4 Å². The molecular weight excluding hydrogens is 325 g/mol. The van der Waals surface area contributed by atoms with Gasteiger partial charge in [0, 0.05) is 13.6 Å². The van der Waals surface area contributed by atoms with Gasteiger partial charge in [0.25, 0.3) is 0 Å². The quantitative estimate of drug-likeness (QED) is 0.566. The molecule has 136 valence electrons. The maximum atomic E-state index is 12.9. The molecule has 25 heavy (non-hydrogen) atoms. The molecule has 0 aliphatic rings. The van der Waals surface area contributed by atoms with Crippen molar-refractivity contribution in [3.05, 3.63) is 54.2 Å². The summed E-state index contributed by atoms with van der Waals surface area (Å²) < 4.78 is 23.6. The first kappa shape index (κ1) is 18.8. The Morgan fingerprint density at radius 3 is 2.76 bits per heavy atom. The van der Waals surface area contributed by atoms with Crippen LogP contribution in [0.2, 0.25) is 0 Å². The number of likely N-dealkylation sites (N-methyl/N-ethyl adjacent to an activating group) is 1. The number of ether oxygens (including phenoxy) is 1. The van der Waals surface area contributed by atoms with E-state index >= 15 is 0 Å². The van der Waals surface area contributed by atoms with Crippen molar-refractivity contribution < 1.29 is 18.7 Å². The van der Waals surface area contributed by atoms with Crippen molar-refractivity contribution in [2.75, 3.05) is 33.3 Å². The van der Waals surface area contributed by atoms with Gasteiger partial charge in [0.1, 0.15) is 30.0 Å². The van der Waals surface area contributed by atoms with Crippen molar-refractivity contribution in [3.8, 4) is 5.75 Å². The molecule has 1 heterocycles. The Bertz CT molecular complexity index is 644. The first-order chi connectivity index (χ1) is 12.1. The molecule has 0 bridgehead atoms. The third-order valence-electron chi connectivity index (χ3n) is 3.49. The molecule has 2 N–H and O–H groups in total. The van der Waals surface area contributed by atoms with E-state index in [0.29, 0.717) is 37.2 Å². The van der Waals surface area contributed by atoms with E-state index in [1.165, 1.54) is 18.4 Å². The van der Waals surface area contributed by atoms with E-state index in [1.807, 2.05) is 18.9 Å². The average molecular weight is 349 g/mol. The molecule has 0 aliphatic heterocycles. The molecule has 6 nitrogen and oxygen atoms in total. The summed E-state index contributed by atoms with van der Waals surface area (Å²) in [4.78, 5) is 6.33. The van der Waals surface area contributed by atoms with Crippen molar-refractivity contribution >= 4 is 5.96 Å². The lowest BCUT2D eigenvalue weighted by atomic mass is 10.3. The number of benzene rings is 1. The molecule has 0 saturated heterocycles. The van der Waals surface area contributed by atoms with Gasteiger partial charge in [-0.2, -0.15) is 0 Å². The van der Waals surface area contributed by atoms with Crippen LogP contribution in [-0.2, 0) is 0 Å². The molecule has 1 aromatic carbocycles. The van der Waals surface area contributed by atoms with Crippen LogP contribution in [0.5, 0.6) is 5.75 Å². The fraction of sp³-hybridized carbons (Fsp3) is 0.389. The Hall–Kier alpha value is -2.54. The van der Waals surface area contributed by atoms with Crippen LogP contribution in [0, 0.1) is 5.82 Å². The summed E-state index contributed by atoms with van der Waals surface area (Å²) in [7, 11) is 1.88. The number of halogens is 1. The number of aliphatic imine (C=N–C) groups is 1. The molecule has 0 spiro atoms. The predicted octanol–water partition coefficient (Wildman–Crippen LogP) is 2.43. The third-order valence-corrected chi connectivity index (χ3v) is 3.49. The van der Waals surface area contributed by atoms with Crippen LogP contribution in [-0.4, -0.2) is 49.3 Å². The summed E-state index contributed by atoms with van der Waals surface area (Å²) in [5, 5.41) is 13.2. The average Bonchev–Trinajstić information content (AvgIpc) is 3.14. The van der Waals surface area contributed by atoms with Crippen LogP contribution in [0.15, 0.2) is 52.1 Å². The van der Waals surface area contributed by atoms with Crippen LogP contribution in [0.25, 0.3) is 0 Å². The molecule has 0 amide bonds. The molecule has 2 aromatic rings. The Balaban J connectivity index is 1.84. The summed E-state index contributed by atoms with van der Waals surface area (Å²) in [5.74, 6) is 1.48. The minimum atomic E-state index is -0.785. The molecule has 7 heteroatoms. The molecule has 1 atom stereocenters. The second kappa shape index (κ2) is 9.68. The number of hydrogen-bond donors (Lipinski definition) is 2. The van der Waals surface area contributed by atoms with Crippen molar-refractivity contribution in [1.82, 2.24) is 10.2 Å². The van der Waals surface area contributed by atoms with E-state index in [-0.39, 0.29) is 12.4 Å². The second-order valence-electron chi connectivity index (χ2n) is 5.45. The molecule has 2 rings (SSSR count). The minimum Gasteiger partial charge on any atom is -0.492 e. The smallest absolute Gasteiger partial charge is 0.193 e. The van der Waals surface area contributed by atoms with Gasteiger partial charge in [0.15, 0.2) is 5.96 Å². The Morgan fingerprint density at radius 2 is 2.12 bits per heavy atom. The van der Waals surface area contributed by atoms with Gasteiger partial charge in [-0.3, -0.25) is 0 Å². The molecular formula is C18H24FN3O3. The lowest BCUT2D eigenvalue weighted by Gasteiger charge is -2.22. The van der Waals surface area contributed by atoms with Crippen LogP contribution in [0.4, 0.5) is 4.39 Å². The van der Waals surface area contributed by atoms with Crippen molar-refractivity contribution in [3.63, 3.8) is 0 Å². The third kappa shape index (κ3) is 6.11. The highest BCUT2D eigenvalue weighted by atomic mass is 19.1. The molecule has 0 radical (unpaired) electrons. The standard InChI is InChI=1S/C18H24FN3O3/c1-3-20-18(21-13-16(23)17-5-4-11-25-17)22(2)10-12-24-15-8-6-14(19)7-9-15/h4-9,11,16,23H,3,10,12-13H2,1-2H3,(H,20,21). The number of aliphatic hydroxyl groups excluding tert-OH is 1. The lowest BCUT2D eigenvalue weighted by Crippen LogP contribution is -2.41. The minimum absolute atomic E-state index is 0.193. The SMILES string of the molecule is CCNC(=NCC(O)c1ccco1)N(C)CCOc1ccc(F)cc1. The van der Waals surface area contributed by atoms with Crippen molar-refractivity contribution in [1.29, 1.82) is 0 Å². The van der Waals surface area contributed by atoms with Gasteiger partial charge < -0.3 is 24.5 Å². The van der Waals surface area contributed by atoms with Gasteiger partial charge in [-0.05, 0) is 43.3 Å². The van der Waals surface area contributed by atoms with Gasteiger partial charge in [-0.1, -0.05) is 0 Å². The van der Waals surface area contributed by atoms with Gasteiger partial charge in [0.2, 0.25) is 0 Å². The second-order valence-corrected chi connectivity index (χ2v) is 5.45. The molecule has 1 aromatic heterocycles. The fourth-order valence-electron chi connectivity index (χ4n) is 2.15. The largest absolute Gasteiger partial charge is 0.492 e. The summed E-state index contributed by atoms with van der Waals surface area (Å²) in [6, 6.07) is 9.35. The number of rotatable bonds is 8. The highest BCUT2D eigenvalue weighted by Gasteiger charge is 2.11. The molecule has 0 saturated carbocycles. The fourth-order valence-corrected chi connectivity index (χ4v) is 2.15. The maximum absolute atomic E-state index is 12.9.